The Kier molecular flexibility index (Phi) is 4.47. The first kappa shape index (κ1) is 15.3. The number of aliphatic hydroxyl groups excluding tert-OH is 1. The highest BCUT2D eigenvalue weighted by Gasteiger charge is 2.27. The summed E-state index contributed by atoms with van der Waals surface area (Å²) in [6.45, 7) is 4.50. The molecule has 1 aromatic rings. The number of hydrogen-bond donors (Lipinski definition) is 3. The van der Waals surface area contributed by atoms with Gasteiger partial charge in [-0.25, -0.2) is 9.59 Å². The van der Waals surface area contributed by atoms with E-state index >= 15 is 0 Å². The fourth-order valence-electron chi connectivity index (χ4n) is 2.43. The molecule has 3 N–H and O–H groups in total. The summed E-state index contributed by atoms with van der Waals surface area (Å²) >= 11 is 0. The third-order valence-corrected chi connectivity index (χ3v) is 4.01. The lowest BCUT2D eigenvalue weighted by Crippen LogP contribution is -2.47. The van der Waals surface area contributed by atoms with Crippen molar-refractivity contribution < 1.29 is 19.8 Å². The number of amides is 2. The van der Waals surface area contributed by atoms with Crippen molar-refractivity contribution in [2.75, 3.05) is 18.4 Å². The molecule has 2 unspecified atom stereocenters. The predicted molar refractivity (Wildman–Crippen MR) is 78.5 cm³/mol. The van der Waals surface area contributed by atoms with Crippen molar-refractivity contribution in [3.63, 3.8) is 0 Å². The Hall–Kier alpha value is -2.08. The molecule has 0 saturated carbocycles. The van der Waals surface area contributed by atoms with Crippen LogP contribution in [0.5, 0.6) is 0 Å². The predicted octanol–water partition coefficient (Wildman–Crippen LogP) is 1.93. The molecule has 1 aromatic carbocycles. The smallest absolute Gasteiger partial charge is 0.336 e. The van der Waals surface area contributed by atoms with Crippen LogP contribution in [-0.2, 0) is 0 Å². The largest absolute Gasteiger partial charge is 0.478 e. The quantitative estimate of drug-likeness (QED) is 0.777. The molecule has 2 rings (SSSR count). The molecule has 0 radical (unpaired) electrons. The zero-order valence-corrected chi connectivity index (χ0v) is 12.2. The Bertz CT molecular complexity index is 559. The first-order chi connectivity index (χ1) is 9.90. The third kappa shape index (κ3) is 3.33. The van der Waals surface area contributed by atoms with Gasteiger partial charge in [0.1, 0.15) is 0 Å². The lowest BCUT2D eigenvalue weighted by molar-refractivity contribution is 0.0464. The van der Waals surface area contributed by atoms with Crippen LogP contribution in [0.25, 0.3) is 0 Å². The van der Waals surface area contributed by atoms with Crippen LogP contribution in [0.15, 0.2) is 18.2 Å². The molecule has 2 amide bonds. The number of aromatic carboxylic acids is 1. The molecule has 2 atom stereocenters. The first-order valence-corrected chi connectivity index (χ1v) is 6.97. The Morgan fingerprint density at radius 2 is 2.10 bits per heavy atom. The fraction of sp³-hybridized carbons (Fsp3) is 0.467. The molecule has 0 bridgehead atoms. The van der Waals surface area contributed by atoms with E-state index in [4.69, 9.17) is 5.11 Å². The van der Waals surface area contributed by atoms with Crippen molar-refractivity contribution in [2.45, 2.75) is 26.4 Å². The highest BCUT2D eigenvalue weighted by molar-refractivity contribution is 5.95. The number of β-amino-alcohol motifs (C(OH)–C–C–N with tert-alkyl or cyclic N) is 1. The lowest BCUT2D eigenvalue weighted by Gasteiger charge is -2.34. The molecule has 1 saturated heterocycles. The minimum absolute atomic E-state index is 0.167. The second kappa shape index (κ2) is 6.13. The summed E-state index contributed by atoms with van der Waals surface area (Å²) in [5.74, 6) is -0.836. The van der Waals surface area contributed by atoms with Gasteiger partial charge in [0.05, 0.1) is 11.7 Å². The van der Waals surface area contributed by atoms with Crippen molar-refractivity contribution in [3.8, 4) is 0 Å². The van der Waals surface area contributed by atoms with E-state index in [2.05, 4.69) is 5.32 Å². The number of carboxylic acid groups (broad SMARTS) is 1. The molecule has 1 aliphatic heterocycles. The molecule has 1 heterocycles. The summed E-state index contributed by atoms with van der Waals surface area (Å²) in [6, 6.07) is 4.45. The number of urea groups is 1. The topological polar surface area (TPSA) is 89.9 Å². The van der Waals surface area contributed by atoms with Gasteiger partial charge in [0.2, 0.25) is 0 Å². The number of rotatable bonds is 2. The van der Waals surface area contributed by atoms with Crippen LogP contribution in [0.4, 0.5) is 10.5 Å². The van der Waals surface area contributed by atoms with Gasteiger partial charge in [-0.2, -0.15) is 0 Å². The number of hydrogen-bond acceptors (Lipinski definition) is 3. The second-order valence-corrected chi connectivity index (χ2v) is 5.49. The van der Waals surface area contributed by atoms with Crippen molar-refractivity contribution in [1.82, 2.24) is 4.90 Å². The van der Waals surface area contributed by atoms with Gasteiger partial charge >= 0.3 is 12.0 Å². The van der Waals surface area contributed by atoms with Gasteiger partial charge in [-0.05, 0) is 37.0 Å². The van der Waals surface area contributed by atoms with Crippen LogP contribution in [0.3, 0.4) is 0 Å². The van der Waals surface area contributed by atoms with Gasteiger partial charge in [-0.1, -0.05) is 13.0 Å². The molecular formula is C15H20N2O4. The molecule has 1 fully saturated rings. The van der Waals surface area contributed by atoms with Crippen LogP contribution in [0, 0.1) is 12.8 Å². The molecule has 0 aliphatic carbocycles. The van der Waals surface area contributed by atoms with Gasteiger partial charge in [-0.15, -0.1) is 0 Å². The number of carboxylic acids is 1. The Labute approximate surface area is 123 Å². The zero-order valence-electron chi connectivity index (χ0n) is 12.2. The van der Waals surface area contributed by atoms with E-state index in [0.717, 1.165) is 6.42 Å². The standard InChI is InChI=1S/C15H20N2O4/c1-9-6-7-17(8-13(9)18)15(21)16-12-5-3-4-11(10(12)2)14(19)20/h3-5,9,13,18H,6-8H2,1-2H3,(H,16,21)(H,19,20). The van der Waals surface area contributed by atoms with Gasteiger partial charge in [0, 0.05) is 18.8 Å². The summed E-state index contributed by atoms with van der Waals surface area (Å²) in [5, 5.41) is 21.6. The average Bonchev–Trinajstić information content (AvgIpc) is 2.43. The van der Waals surface area contributed by atoms with E-state index < -0.39 is 12.1 Å². The Balaban J connectivity index is 2.10. The fourth-order valence-corrected chi connectivity index (χ4v) is 2.43. The lowest BCUT2D eigenvalue weighted by atomic mass is 9.96. The molecule has 1 aliphatic rings. The number of piperidine rings is 1. The maximum absolute atomic E-state index is 12.2. The second-order valence-electron chi connectivity index (χ2n) is 5.49. The van der Waals surface area contributed by atoms with Crippen molar-refractivity contribution >= 4 is 17.7 Å². The van der Waals surface area contributed by atoms with Crippen LogP contribution >= 0.6 is 0 Å². The number of nitrogens with one attached hydrogen (secondary N) is 1. The Morgan fingerprint density at radius 1 is 1.38 bits per heavy atom. The minimum Gasteiger partial charge on any atom is -0.478 e. The molecule has 21 heavy (non-hydrogen) atoms. The summed E-state index contributed by atoms with van der Waals surface area (Å²) in [4.78, 5) is 24.8. The molecule has 0 spiro atoms. The zero-order chi connectivity index (χ0) is 15.6. The molecule has 6 heteroatoms. The van der Waals surface area contributed by atoms with Crippen LogP contribution in [0.1, 0.15) is 29.3 Å². The summed E-state index contributed by atoms with van der Waals surface area (Å²) in [5.41, 5.74) is 1.16. The molecular weight excluding hydrogens is 272 g/mol. The summed E-state index contributed by atoms with van der Waals surface area (Å²) < 4.78 is 0. The third-order valence-electron chi connectivity index (χ3n) is 4.01. The number of aliphatic hydroxyl groups is 1. The van der Waals surface area contributed by atoms with Gasteiger partial charge in [0.25, 0.3) is 0 Å². The molecule has 0 aromatic heterocycles. The van der Waals surface area contributed by atoms with Crippen LogP contribution in [-0.4, -0.2) is 46.3 Å². The van der Waals surface area contributed by atoms with E-state index in [1.54, 1.807) is 24.0 Å². The number of likely N-dealkylation sites (tertiary alicyclic amines) is 1. The Morgan fingerprint density at radius 3 is 2.71 bits per heavy atom. The van der Waals surface area contributed by atoms with Crippen LogP contribution in [0.2, 0.25) is 0 Å². The van der Waals surface area contributed by atoms with E-state index in [9.17, 15) is 14.7 Å². The van der Waals surface area contributed by atoms with Crippen LogP contribution < -0.4 is 5.32 Å². The summed E-state index contributed by atoms with van der Waals surface area (Å²) in [6.07, 6.45) is 0.235. The highest BCUT2D eigenvalue weighted by Crippen LogP contribution is 2.21. The van der Waals surface area contributed by atoms with E-state index in [1.165, 1.54) is 6.07 Å². The first-order valence-electron chi connectivity index (χ1n) is 6.97. The van der Waals surface area contributed by atoms with E-state index in [1.807, 2.05) is 6.92 Å². The normalized spacial score (nSPS) is 22.0. The van der Waals surface area contributed by atoms with Crippen molar-refractivity contribution in [2.24, 2.45) is 5.92 Å². The van der Waals surface area contributed by atoms with Gasteiger partial charge in [0.15, 0.2) is 0 Å². The highest BCUT2D eigenvalue weighted by atomic mass is 16.4. The van der Waals surface area contributed by atoms with E-state index in [-0.39, 0.29) is 17.5 Å². The summed E-state index contributed by atoms with van der Waals surface area (Å²) in [7, 11) is 0. The van der Waals surface area contributed by atoms with Gasteiger partial charge < -0.3 is 20.4 Å². The van der Waals surface area contributed by atoms with Crippen molar-refractivity contribution in [1.29, 1.82) is 0 Å². The van der Waals surface area contributed by atoms with Crippen molar-refractivity contribution in [3.05, 3.63) is 29.3 Å². The monoisotopic (exact) mass is 292 g/mol. The van der Waals surface area contributed by atoms with E-state index in [0.29, 0.717) is 24.3 Å². The number of carbonyl (C=O) groups is 2. The number of anilines is 1. The number of carbonyl (C=O) groups excluding carboxylic acids is 1. The average molecular weight is 292 g/mol. The number of nitrogens with zero attached hydrogens (tertiary/aromatic N) is 1. The van der Waals surface area contributed by atoms with Gasteiger partial charge in [-0.3, -0.25) is 0 Å². The maximum atomic E-state index is 12.2. The SMILES string of the molecule is Cc1c(NC(=O)N2CCC(C)C(O)C2)cccc1C(=O)O. The molecule has 114 valence electrons. The maximum Gasteiger partial charge on any atom is 0.336 e. The molecule has 6 nitrogen and oxygen atoms in total. The minimum atomic E-state index is -1.02. The number of benzene rings is 1.